The number of carboxylic acid groups (broad SMARTS) is 3. The van der Waals surface area contributed by atoms with E-state index in [1.54, 1.807) is 0 Å². The summed E-state index contributed by atoms with van der Waals surface area (Å²) < 4.78 is 0. The van der Waals surface area contributed by atoms with Gasteiger partial charge in [0.25, 0.3) is 0 Å². The van der Waals surface area contributed by atoms with Crippen LogP contribution in [0.25, 0.3) is 0 Å². The SMILES string of the molecule is CC(C)C1=C[C@]23CC[C@@H]4[C@](C)(CCC[C@]4(C)C(=O)O)[C@H]2C[C@H]1C(C(=O)O)[C@@H]3C(=O)O. The first-order valence-corrected chi connectivity index (χ1v) is 11.3. The Morgan fingerprint density at radius 3 is 2.20 bits per heavy atom. The number of aliphatic carboxylic acids is 3. The fraction of sp³-hybridized carbons (Fsp3) is 0.792. The molecule has 166 valence electrons. The highest BCUT2D eigenvalue weighted by molar-refractivity contribution is 5.83. The average molecular weight is 419 g/mol. The van der Waals surface area contributed by atoms with Crippen molar-refractivity contribution in [2.24, 2.45) is 51.8 Å². The van der Waals surface area contributed by atoms with Crippen molar-refractivity contribution in [1.29, 1.82) is 0 Å². The molecule has 1 spiro atoms. The highest BCUT2D eigenvalue weighted by atomic mass is 16.4. The second kappa shape index (κ2) is 6.57. The summed E-state index contributed by atoms with van der Waals surface area (Å²) in [5.41, 5.74) is -0.709. The maximum Gasteiger partial charge on any atom is 0.309 e. The molecule has 0 amide bonds. The molecule has 8 atom stereocenters. The van der Waals surface area contributed by atoms with Crippen molar-refractivity contribution in [2.45, 2.75) is 66.2 Å². The largest absolute Gasteiger partial charge is 0.481 e. The molecule has 0 aromatic rings. The Hall–Kier alpha value is -1.85. The molecule has 6 nitrogen and oxygen atoms in total. The van der Waals surface area contributed by atoms with Gasteiger partial charge in [-0.3, -0.25) is 14.4 Å². The predicted molar refractivity (Wildman–Crippen MR) is 110 cm³/mol. The third-order valence-electron chi connectivity index (χ3n) is 9.72. The lowest BCUT2D eigenvalue weighted by molar-refractivity contribution is -0.207. The van der Waals surface area contributed by atoms with Gasteiger partial charge in [0.1, 0.15) is 0 Å². The van der Waals surface area contributed by atoms with E-state index < -0.39 is 40.6 Å². The summed E-state index contributed by atoms with van der Waals surface area (Å²) in [6.45, 7) is 8.15. The lowest BCUT2D eigenvalue weighted by Crippen LogP contribution is -2.66. The van der Waals surface area contributed by atoms with Crippen LogP contribution in [0, 0.1) is 51.8 Å². The van der Waals surface area contributed by atoms with Gasteiger partial charge in [0.2, 0.25) is 0 Å². The van der Waals surface area contributed by atoms with Crippen molar-refractivity contribution >= 4 is 17.9 Å². The zero-order chi connectivity index (χ0) is 22.2. The highest BCUT2D eigenvalue weighted by Crippen LogP contribution is 2.73. The van der Waals surface area contributed by atoms with Gasteiger partial charge in [0, 0.05) is 5.41 Å². The Balaban J connectivity index is 1.89. The van der Waals surface area contributed by atoms with Crippen LogP contribution in [0.1, 0.15) is 66.2 Å². The van der Waals surface area contributed by atoms with Crippen molar-refractivity contribution in [3.63, 3.8) is 0 Å². The smallest absolute Gasteiger partial charge is 0.309 e. The van der Waals surface area contributed by atoms with E-state index in [1.165, 1.54) is 0 Å². The number of rotatable bonds is 4. The van der Waals surface area contributed by atoms with E-state index in [-0.39, 0.29) is 29.1 Å². The van der Waals surface area contributed by atoms with Crippen molar-refractivity contribution in [3.05, 3.63) is 11.6 Å². The van der Waals surface area contributed by atoms with E-state index in [0.29, 0.717) is 25.7 Å². The van der Waals surface area contributed by atoms with E-state index in [9.17, 15) is 29.7 Å². The third kappa shape index (κ3) is 2.51. The number of hydrogen-bond donors (Lipinski definition) is 3. The van der Waals surface area contributed by atoms with Crippen LogP contribution in [0.3, 0.4) is 0 Å². The highest BCUT2D eigenvalue weighted by Gasteiger charge is 2.71. The van der Waals surface area contributed by atoms with Crippen LogP contribution < -0.4 is 0 Å². The first kappa shape index (κ1) is 21.4. The molecule has 3 fully saturated rings. The molecule has 30 heavy (non-hydrogen) atoms. The van der Waals surface area contributed by atoms with Crippen molar-refractivity contribution in [3.8, 4) is 0 Å². The first-order valence-electron chi connectivity index (χ1n) is 11.3. The third-order valence-corrected chi connectivity index (χ3v) is 9.72. The molecule has 5 rings (SSSR count). The second-order valence-electron chi connectivity index (χ2n) is 11.2. The standard InChI is InChI=1S/C24H34O6/c1-12(2)14-11-24-9-6-15-22(3,7-5-8-23(15,4)21(29)30)16(24)10-13(14)17(19(25)26)18(24)20(27)28/h11-13,15-18H,5-10H2,1-4H3,(H,25,26)(H,27,28)(H,29,30)/t13-,15-,16-,17?,18-,22+,23+,24-/m1/s1. The van der Waals surface area contributed by atoms with E-state index in [4.69, 9.17) is 0 Å². The quantitative estimate of drug-likeness (QED) is 0.587. The average Bonchev–Trinajstić information content (AvgIpc) is 2.65. The summed E-state index contributed by atoms with van der Waals surface area (Å²) in [5, 5.41) is 30.3. The van der Waals surface area contributed by atoms with E-state index in [0.717, 1.165) is 18.4 Å². The van der Waals surface area contributed by atoms with Gasteiger partial charge in [0.05, 0.1) is 17.3 Å². The molecule has 0 heterocycles. The molecule has 5 aliphatic rings. The molecule has 1 unspecified atom stereocenters. The summed E-state index contributed by atoms with van der Waals surface area (Å²) in [4.78, 5) is 37.0. The number of hydrogen-bond acceptors (Lipinski definition) is 3. The van der Waals surface area contributed by atoms with Gasteiger partial charge in [-0.05, 0) is 68.1 Å². The van der Waals surface area contributed by atoms with Gasteiger partial charge in [-0.15, -0.1) is 0 Å². The predicted octanol–water partition coefficient (Wildman–Crippen LogP) is 4.30. The zero-order valence-corrected chi connectivity index (χ0v) is 18.4. The second-order valence-corrected chi connectivity index (χ2v) is 11.2. The topological polar surface area (TPSA) is 112 Å². The normalized spacial score (nSPS) is 47.2. The van der Waals surface area contributed by atoms with Gasteiger partial charge in [-0.1, -0.05) is 38.8 Å². The minimum Gasteiger partial charge on any atom is -0.481 e. The number of allylic oxidation sites excluding steroid dienone is 2. The van der Waals surface area contributed by atoms with Crippen LogP contribution in [0.2, 0.25) is 0 Å². The number of fused-ring (bicyclic) bond motifs is 2. The van der Waals surface area contributed by atoms with Crippen LogP contribution in [0.15, 0.2) is 11.6 Å². The molecule has 0 radical (unpaired) electrons. The fourth-order valence-corrected chi connectivity index (χ4v) is 8.56. The Labute approximate surface area is 177 Å². The maximum atomic E-state index is 12.5. The lowest BCUT2D eigenvalue weighted by atomic mass is 9.34. The molecular formula is C24H34O6. The van der Waals surface area contributed by atoms with Crippen molar-refractivity contribution < 1.29 is 29.7 Å². The molecule has 0 aliphatic heterocycles. The lowest BCUT2D eigenvalue weighted by Gasteiger charge is -2.68. The van der Waals surface area contributed by atoms with Gasteiger partial charge in [0.15, 0.2) is 0 Å². The minimum absolute atomic E-state index is 0.00641. The van der Waals surface area contributed by atoms with Gasteiger partial charge in [-0.2, -0.15) is 0 Å². The molecular weight excluding hydrogens is 384 g/mol. The van der Waals surface area contributed by atoms with Crippen LogP contribution in [-0.4, -0.2) is 33.2 Å². The summed E-state index contributed by atoms with van der Waals surface area (Å²) in [7, 11) is 0. The minimum atomic E-state index is -1.02. The molecule has 6 heteroatoms. The van der Waals surface area contributed by atoms with Crippen LogP contribution >= 0.6 is 0 Å². The zero-order valence-electron chi connectivity index (χ0n) is 18.4. The summed E-state index contributed by atoms with van der Waals surface area (Å²) in [6, 6.07) is 0. The Morgan fingerprint density at radius 2 is 1.67 bits per heavy atom. The van der Waals surface area contributed by atoms with E-state index >= 15 is 0 Å². The fourth-order valence-electron chi connectivity index (χ4n) is 8.56. The summed E-state index contributed by atoms with van der Waals surface area (Å²) in [6.07, 6.45) is 6.36. The molecule has 5 aliphatic carbocycles. The van der Waals surface area contributed by atoms with Gasteiger partial charge < -0.3 is 15.3 Å². The monoisotopic (exact) mass is 418 g/mol. The number of carboxylic acids is 3. The summed E-state index contributed by atoms with van der Waals surface area (Å²) >= 11 is 0. The Bertz CT molecular complexity index is 830. The Kier molecular flexibility index (Phi) is 4.68. The van der Waals surface area contributed by atoms with Crippen LogP contribution in [0.4, 0.5) is 0 Å². The first-order chi connectivity index (χ1) is 13.9. The maximum absolute atomic E-state index is 12.5. The van der Waals surface area contributed by atoms with Gasteiger partial charge >= 0.3 is 17.9 Å². The molecule has 0 aromatic heterocycles. The van der Waals surface area contributed by atoms with Crippen molar-refractivity contribution in [1.82, 2.24) is 0 Å². The van der Waals surface area contributed by atoms with E-state index in [2.05, 4.69) is 26.8 Å². The molecule has 0 aromatic carbocycles. The molecule has 3 N–H and O–H groups in total. The van der Waals surface area contributed by atoms with Crippen LogP contribution in [-0.2, 0) is 14.4 Å². The molecule has 3 saturated carbocycles. The Morgan fingerprint density at radius 1 is 1.00 bits per heavy atom. The molecule has 2 bridgehead atoms. The molecule has 0 saturated heterocycles. The summed E-state index contributed by atoms with van der Waals surface area (Å²) in [5.74, 6) is -4.76. The van der Waals surface area contributed by atoms with Gasteiger partial charge in [-0.25, -0.2) is 0 Å². The van der Waals surface area contributed by atoms with Crippen molar-refractivity contribution in [2.75, 3.05) is 0 Å². The number of carbonyl (C=O) groups is 3. The van der Waals surface area contributed by atoms with Crippen LogP contribution in [0.5, 0.6) is 0 Å². The van der Waals surface area contributed by atoms with E-state index in [1.807, 2.05) is 6.92 Å².